The van der Waals surface area contributed by atoms with E-state index >= 15 is 0 Å². The van der Waals surface area contributed by atoms with Crippen LogP contribution in [-0.2, 0) is 0 Å². The Balaban J connectivity index is 1.75. The molecule has 0 bridgehead atoms. The molecule has 150 valence electrons. The lowest BCUT2D eigenvalue weighted by Crippen LogP contribution is -2.13. The van der Waals surface area contributed by atoms with Gasteiger partial charge in [0.05, 0.1) is 27.4 Å². The van der Waals surface area contributed by atoms with Gasteiger partial charge in [-0.3, -0.25) is 14.9 Å². The third-order valence-corrected chi connectivity index (χ3v) is 4.61. The molecule has 0 aliphatic carbocycles. The van der Waals surface area contributed by atoms with Crippen LogP contribution >= 0.6 is 0 Å². The number of anilines is 1. The maximum absolute atomic E-state index is 13.1. The van der Waals surface area contributed by atoms with E-state index < -0.39 is 10.8 Å². The second-order valence-corrected chi connectivity index (χ2v) is 6.59. The van der Waals surface area contributed by atoms with Gasteiger partial charge < -0.3 is 5.32 Å². The summed E-state index contributed by atoms with van der Waals surface area (Å²) in [6.07, 6.45) is 1.62. The zero-order valence-electron chi connectivity index (χ0n) is 16.1. The van der Waals surface area contributed by atoms with Crippen LogP contribution in [0.3, 0.4) is 0 Å². The predicted octanol–water partition coefficient (Wildman–Crippen LogP) is 4.57. The van der Waals surface area contributed by atoms with Crippen molar-refractivity contribution in [2.75, 3.05) is 5.32 Å². The number of hydrogen-bond acceptors (Lipinski definition) is 5. The lowest BCUT2D eigenvalue weighted by atomic mass is 10.1. The van der Waals surface area contributed by atoms with E-state index in [1.165, 1.54) is 12.1 Å². The maximum atomic E-state index is 13.1. The van der Waals surface area contributed by atoms with Crippen LogP contribution in [0.15, 0.2) is 85.1 Å². The molecule has 8 heteroatoms. The van der Waals surface area contributed by atoms with Crippen LogP contribution in [0.1, 0.15) is 15.9 Å². The first-order chi connectivity index (χ1) is 15.1. The number of nitrogens with zero attached hydrogens (tertiary/aromatic N) is 4. The first-order valence-electron chi connectivity index (χ1n) is 9.27. The summed E-state index contributed by atoms with van der Waals surface area (Å²) in [6.45, 7) is 0. The summed E-state index contributed by atoms with van der Waals surface area (Å²) in [4.78, 5) is 23.5. The molecule has 0 radical (unpaired) electrons. The van der Waals surface area contributed by atoms with Gasteiger partial charge in [0, 0.05) is 23.9 Å². The van der Waals surface area contributed by atoms with Gasteiger partial charge in [0.1, 0.15) is 11.8 Å². The Bertz CT molecular complexity index is 1310. The van der Waals surface area contributed by atoms with Gasteiger partial charge in [-0.05, 0) is 18.2 Å². The van der Waals surface area contributed by atoms with Crippen LogP contribution in [0.5, 0.6) is 0 Å². The molecular formula is C23H15N5O3. The predicted molar refractivity (Wildman–Crippen MR) is 115 cm³/mol. The topological polar surface area (TPSA) is 114 Å². The maximum Gasteiger partial charge on any atom is 0.270 e. The summed E-state index contributed by atoms with van der Waals surface area (Å²) in [6, 6.07) is 24.2. The Hall–Kier alpha value is -4.77. The third-order valence-electron chi connectivity index (χ3n) is 4.61. The highest BCUT2D eigenvalue weighted by Crippen LogP contribution is 2.26. The molecule has 0 aliphatic heterocycles. The van der Waals surface area contributed by atoms with Crippen LogP contribution in [0.2, 0.25) is 0 Å². The Kier molecular flexibility index (Phi) is 5.24. The fraction of sp³-hybridized carbons (Fsp3) is 0. The highest BCUT2D eigenvalue weighted by Gasteiger charge is 2.20. The summed E-state index contributed by atoms with van der Waals surface area (Å²) in [5.41, 5.74) is 2.28. The fourth-order valence-electron chi connectivity index (χ4n) is 3.10. The summed E-state index contributed by atoms with van der Waals surface area (Å²) in [7, 11) is 0. The fourth-order valence-corrected chi connectivity index (χ4v) is 3.10. The zero-order chi connectivity index (χ0) is 21.8. The Labute approximate surface area is 177 Å². The van der Waals surface area contributed by atoms with E-state index in [2.05, 4.69) is 10.4 Å². The van der Waals surface area contributed by atoms with Gasteiger partial charge >= 0.3 is 0 Å². The van der Waals surface area contributed by atoms with Crippen LogP contribution in [-0.4, -0.2) is 20.6 Å². The molecule has 0 unspecified atom stereocenters. The quantitative estimate of drug-likeness (QED) is 0.383. The summed E-state index contributed by atoms with van der Waals surface area (Å²) < 4.78 is 1.61. The zero-order valence-corrected chi connectivity index (χ0v) is 16.1. The third kappa shape index (κ3) is 4.02. The van der Waals surface area contributed by atoms with Gasteiger partial charge in [0.15, 0.2) is 0 Å². The lowest BCUT2D eigenvalue weighted by Gasteiger charge is -2.07. The molecule has 8 nitrogen and oxygen atoms in total. The number of hydrogen-bond donors (Lipinski definition) is 1. The largest absolute Gasteiger partial charge is 0.321 e. The van der Waals surface area contributed by atoms with Gasteiger partial charge in [0.2, 0.25) is 0 Å². The van der Waals surface area contributed by atoms with Gasteiger partial charge in [-0.15, -0.1) is 0 Å². The van der Waals surface area contributed by atoms with Crippen molar-refractivity contribution in [3.63, 3.8) is 0 Å². The number of non-ortho nitro benzene ring substituents is 1. The molecule has 0 saturated heterocycles. The molecule has 3 aromatic carbocycles. The first kappa shape index (κ1) is 19.5. The molecule has 4 rings (SSSR count). The number of amides is 1. The van der Waals surface area contributed by atoms with E-state index in [4.69, 9.17) is 0 Å². The molecule has 0 aliphatic rings. The Morgan fingerprint density at radius 2 is 1.71 bits per heavy atom. The van der Waals surface area contributed by atoms with Crippen LogP contribution in [0.4, 0.5) is 11.4 Å². The molecule has 1 aromatic heterocycles. The van der Waals surface area contributed by atoms with Gasteiger partial charge in [-0.25, -0.2) is 4.68 Å². The van der Waals surface area contributed by atoms with Crippen molar-refractivity contribution >= 4 is 17.3 Å². The monoisotopic (exact) mass is 409 g/mol. The molecule has 0 saturated carbocycles. The molecule has 0 spiro atoms. The summed E-state index contributed by atoms with van der Waals surface area (Å²) >= 11 is 0. The molecule has 1 heterocycles. The van der Waals surface area contributed by atoms with Gasteiger partial charge in [-0.1, -0.05) is 48.5 Å². The number of carbonyl (C=O) groups is 1. The smallest absolute Gasteiger partial charge is 0.270 e. The molecule has 1 amide bonds. The molecule has 0 atom stereocenters. The molecule has 1 N–H and O–H groups in total. The van der Waals surface area contributed by atoms with Gasteiger partial charge in [-0.2, -0.15) is 10.4 Å². The number of nitro benzene ring substituents is 1. The average Bonchev–Trinajstić information content (AvgIpc) is 3.26. The van der Waals surface area contributed by atoms with Crippen molar-refractivity contribution in [1.29, 1.82) is 5.26 Å². The Morgan fingerprint density at radius 1 is 1.03 bits per heavy atom. The first-order valence-corrected chi connectivity index (χ1v) is 9.27. The summed E-state index contributed by atoms with van der Waals surface area (Å²) in [5.74, 6) is -0.480. The number of rotatable bonds is 5. The molecule has 4 aromatic rings. The van der Waals surface area contributed by atoms with Crippen LogP contribution in [0.25, 0.3) is 16.9 Å². The average molecular weight is 409 g/mol. The highest BCUT2D eigenvalue weighted by molar-refractivity contribution is 6.08. The minimum Gasteiger partial charge on any atom is -0.321 e. The molecule has 31 heavy (non-hydrogen) atoms. The minimum atomic E-state index is -0.593. The van der Waals surface area contributed by atoms with Crippen molar-refractivity contribution in [3.05, 3.63) is 106 Å². The van der Waals surface area contributed by atoms with Crippen LogP contribution in [0, 0.1) is 21.4 Å². The van der Waals surface area contributed by atoms with Gasteiger partial charge in [0.25, 0.3) is 11.6 Å². The SMILES string of the molecule is N#Cc1cc([N+](=O)[O-])ccc1NC(=O)c1cn(-c2ccccc2)nc1-c1ccccc1. The highest BCUT2D eigenvalue weighted by atomic mass is 16.6. The van der Waals surface area contributed by atoms with E-state index in [0.717, 1.165) is 17.3 Å². The summed E-state index contributed by atoms with van der Waals surface area (Å²) in [5, 5.41) is 27.6. The van der Waals surface area contributed by atoms with Crippen molar-refractivity contribution in [1.82, 2.24) is 9.78 Å². The van der Waals surface area contributed by atoms with E-state index in [9.17, 15) is 20.2 Å². The number of carbonyl (C=O) groups excluding carboxylic acids is 1. The molecule has 0 fully saturated rings. The number of aromatic nitrogens is 2. The second kappa shape index (κ2) is 8.31. The second-order valence-electron chi connectivity index (χ2n) is 6.59. The number of nitro groups is 1. The molecular weight excluding hydrogens is 394 g/mol. The number of nitriles is 1. The van der Waals surface area contributed by atoms with E-state index in [1.54, 1.807) is 10.9 Å². The lowest BCUT2D eigenvalue weighted by molar-refractivity contribution is -0.384. The van der Waals surface area contributed by atoms with E-state index in [-0.39, 0.29) is 16.9 Å². The van der Waals surface area contributed by atoms with Crippen molar-refractivity contribution in [2.45, 2.75) is 0 Å². The van der Waals surface area contributed by atoms with Crippen molar-refractivity contribution in [3.8, 4) is 23.0 Å². The van der Waals surface area contributed by atoms with Crippen molar-refractivity contribution < 1.29 is 9.72 Å². The Morgan fingerprint density at radius 3 is 2.35 bits per heavy atom. The van der Waals surface area contributed by atoms with Crippen molar-refractivity contribution in [2.24, 2.45) is 0 Å². The minimum absolute atomic E-state index is 0.000683. The standard InChI is InChI=1S/C23H15N5O3/c24-14-17-13-19(28(30)31)11-12-21(17)25-23(29)20-15-27(18-9-5-2-6-10-18)26-22(20)16-7-3-1-4-8-16/h1-13,15H,(H,25,29). The number of nitrogens with one attached hydrogen (secondary N) is 1. The van der Waals surface area contributed by atoms with E-state index in [0.29, 0.717) is 11.3 Å². The normalized spacial score (nSPS) is 10.3. The van der Waals surface area contributed by atoms with E-state index in [1.807, 2.05) is 66.7 Å². The number of benzene rings is 3. The van der Waals surface area contributed by atoms with Crippen LogP contribution < -0.4 is 5.32 Å². The number of para-hydroxylation sites is 1.